The van der Waals surface area contributed by atoms with Crippen LogP contribution in [0.15, 0.2) is 4.99 Å². The number of ether oxygens (including phenoxy) is 1. The number of aliphatic hydroxyl groups is 1. The fourth-order valence-corrected chi connectivity index (χ4v) is 3.93. The quantitative estimate of drug-likeness (QED) is 0.337. The van der Waals surface area contributed by atoms with Crippen LogP contribution in [0.25, 0.3) is 0 Å². The van der Waals surface area contributed by atoms with E-state index in [1.165, 1.54) is 6.42 Å². The first kappa shape index (κ1) is 23.0. The van der Waals surface area contributed by atoms with E-state index in [2.05, 4.69) is 38.3 Å². The van der Waals surface area contributed by atoms with Crippen molar-refractivity contribution in [1.29, 1.82) is 0 Å². The summed E-state index contributed by atoms with van der Waals surface area (Å²) in [4.78, 5) is 4.87. The third kappa shape index (κ3) is 7.59. The van der Waals surface area contributed by atoms with Crippen LogP contribution in [0.4, 0.5) is 0 Å². The topological polar surface area (TPSA) is 65.9 Å². The smallest absolute Gasteiger partial charge is 0.191 e. The molecule has 2 unspecified atom stereocenters. The number of guanidine groups is 1. The Bertz CT molecular complexity index is 404. The highest BCUT2D eigenvalue weighted by Crippen LogP contribution is 2.34. The summed E-state index contributed by atoms with van der Waals surface area (Å²) in [6, 6.07) is 0.423. The van der Waals surface area contributed by atoms with Gasteiger partial charge in [0, 0.05) is 31.7 Å². The second-order valence-corrected chi connectivity index (χ2v) is 8.43. The summed E-state index contributed by atoms with van der Waals surface area (Å²) in [5.74, 6) is 1.40. The molecule has 5 nitrogen and oxygen atoms in total. The third-order valence-corrected chi connectivity index (χ3v) is 5.16. The molecule has 1 heterocycles. The molecule has 0 spiro atoms. The van der Waals surface area contributed by atoms with Gasteiger partial charge in [-0.25, -0.2) is 0 Å². The summed E-state index contributed by atoms with van der Waals surface area (Å²) in [5.41, 5.74) is 0.159. The van der Waals surface area contributed by atoms with Crippen molar-refractivity contribution >= 4 is 29.9 Å². The Morgan fingerprint density at radius 3 is 2.44 bits per heavy atom. The van der Waals surface area contributed by atoms with E-state index in [1.807, 2.05) is 0 Å². The van der Waals surface area contributed by atoms with Crippen molar-refractivity contribution in [1.82, 2.24) is 10.6 Å². The van der Waals surface area contributed by atoms with Crippen molar-refractivity contribution in [2.45, 2.75) is 84.5 Å². The van der Waals surface area contributed by atoms with Crippen LogP contribution >= 0.6 is 24.0 Å². The van der Waals surface area contributed by atoms with Gasteiger partial charge in [0.15, 0.2) is 5.96 Å². The van der Waals surface area contributed by atoms with Crippen LogP contribution in [0.2, 0.25) is 0 Å². The number of halogens is 1. The number of nitrogens with zero attached hydrogens (tertiary/aromatic N) is 1. The van der Waals surface area contributed by atoms with Crippen LogP contribution in [0.5, 0.6) is 0 Å². The van der Waals surface area contributed by atoms with Gasteiger partial charge < -0.3 is 20.5 Å². The van der Waals surface area contributed by atoms with Gasteiger partial charge in [0.1, 0.15) is 0 Å². The highest BCUT2D eigenvalue weighted by Gasteiger charge is 2.35. The molecule has 3 N–H and O–H groups in total. The van der Waals surface area contributed by atoms with Crippen molar-refractivity contribution in [2.24, 2.45) is 16.3 Å². The van der Waals surface area contributed by atoms with Crippen LogP contribution in [0.3, 0.4) is 0 Å². The van der Waals surface area contributed by atoms with E-state index >= 15 is 0 Å². The van der Waals surface area contributed by atoms with E-state index in [0.29, 0.717) is 12.0 Å². The Balaban J connectivity index is 0.00000312. The van der Waals surface area contributed by atoms with Gasteiger partial charge in [-0.15, -0.1) is 24.0 Å². The average molecular weight is 467 g/mol. The number of aliphatic imine (C=N–C) groups is 1. The number of aliphatic hydroxyl groups excluding tert-OH is 1. The molecular formula is C19H38IN3O2. The summed E-state index contributed by atoms with van der Waals surface area (Å²) in [6.07, 6.45) is 6.31. The Labute approximate surface area is 170 Å². The molecule has 1 saturated carbocycles. The lowest BCUT2D eigenvalue weighted by Gasteiger charge is -2.39. The molecule has 0 amide bonds. The molecule has 2 aliphatic rings. The minimum Gasteiger partial charge on any atom is -0.393 e. The first-order valence-corrected chi connectivity index (χ1v) is 9.74. The van der Waals surface area contributed by atoms with Gasteiger partial charge in [-0.1, -0.05) is 20.8 Å². The second kappa shape index (κ2) is 10.9. The fraction of sp³-hybridized carbons (Fsp3) is 0.947. The maximum absolute atomic E-state index is 9.66. The van der Waals surface area contributed by atoms with Gasteiger partial charge in [-0.3, -0.25) is 4.99 Å². The molecule has 0 aromatic rings. The largest absolute Gasteiger partial charge is 0.393 e. The molecular weight excluding hydrogens is 429 g/mol. The molecule has 0 aromatic carbocycles. The summed E-state index contributed by atoms with van der Waals surface area (Å²) in [7, 11) is 0. The lowest BCUT2D eigenvalue weighted by Crippen LogP contribution is -2.46. The van der Waals surface area contributed by atoms with Crippen LogP contribution in [0, 0.1) is 11.3 Å². The van der Waals surface area contributed by atoms with Crippen LogP contribution in [0.1, 0.15) is 66.2 Å². The maximum atomic E-state index is 9.66. The monoisotopic (exact) mass is 467 g/mol. The molecule has 2 rings (SSSR count). The summed E-state index contributed by atoms with van der Waals surface area (Å²) >= 11 is 0. The van der Waals surface area contributed by atoms with Crippen molar-refractivity contribution < 1.29 is 9.84 Å². The fourth-order valence-electron chi connectivity index (χ4n) is 3.93. The first-order valence-electron chi connectivity index (χ1n) is 9.74. The molecule has 6 heteroatoms. The molecule has 0 bridgehead atoms. The minimum absolute atomic E-state index is 0. The van der Waals surface area contributed by atoms with Gasteiger partial charge in [-0.2, -0.15) is 0 Å². The van der Waals surface area contributed by atoms with Gasteiger partial charge in [-0.05, 0) is 50.9 Å². The van der Waals surface area contributed by atoms with Gasteiger partial charge >= 0.3 is 0 Å². The number of nitrogens with one attached hydrogen (secondary N) is 2. The summed E-state index contributed by atoms with van der Waals surface area (Å²) in [5, 5.41) is 16.6. The van der Waals surface area contributed by atoms with E-state index < -0.39 is 0 Å². The van der Waals surface area contributed by atoms with Gasteiger partial charge in [0.2, 0.25) is 0 Å². The highest BCUT2D eigenvalue weighted by molar-refractivity contribution is 14.0. The standard InChI is InChI=1S/C19H37N3O2.HI/c1-5-20-18(22-15-8-10-16(23)11-9-15)21-13-14-7-6-12-24-17(14)19(2,3)4;/h14-17,23H,5-13H2,1-4H3,(H2,20,21,22);1H. The summed E-state index contributed by atoms with van der Waals surface area (Å²) < 4.78 is 6.07. The van der Waals surface area contributed by atoms with Crippen LogP contribution in [-0.4, -0.2) is 49.0 Å². The van der Waals surface area contributed by atoms with Crippen molar-refractivity contribution in [3.63, 3.8) is 0 Å². The maximum Gasteiger partial charge on any atom is 0.191 e. The predicted octanol–water partition coefficient (Wildman–Crippen LogP) is 3.30. The number of rotatable bonds is 4. The van der Waals surface area contributed by atoms with Crippen LogP contribution in [-0.2, 0) is 4.74 Å². The van der Waals surface area contributed by atoms with Crippen LogP contribution < -0.4 is 10.6 Å². The van der Waals surface area contributed by atoms with E-state index in [1.54, 1.807) is 0 Å². The average Bonchev–Trinajstić information content (AvgIpc) is 2.54. The minimum atomic E-state index is -0.116. The zero-order chi connectivity index (χ0) is 17.6. The Morgan fingerprint density at radius 1 is 1.16 bits per heavy atom. The Morgan fingerprint density at radius 2 is 1.84 bits per heavy atom. The lowest BCUT2D eigenvalue weighted by atomic mass is 9.78. The zero-order valence-electron chi connectivity index (χ0n) is 16.4. The van der Waals surface area contributed by atoms with Gasteiger partial charge in [0.05, 0.1) is 12.2 Å². The molecule has 1 aliphatic carbocycles. The molecule has 2 fully saturated rings. The van der Waals surface area contributed by atoms with E-state index in [0.717, 1.165) is 57.8 Å². The first-order chi connectivity index (χ1) is 11.4. The SMILES string of the molecule is CCNC(=NCC1CCCOC1C(C)(C)C)NC1CCC(O)CC1.I. The molecule has 1 saturated heterocycles. The van der Waals surface area contributed by atoms with Crippen molar-refractivity contribution in [3.8, 4) is 0 Å². The molecule has 2 atom stereocenters. The van der Waals surface area contributed by atoms with E-state index in [-0.39, 0.29) is 41.6 Å². The van der Waals surface area contributed by atoms with Gasteiger partial charge in [0.25, 0.3) is 0 Å². The zero-order valence-corrected chi connectivity index (χ0v) is 18.7. The molecule has 25 heavy (non-hydrogen) atoms. The number of hydrogen-bond donors (Lipinski definition) is 3. The Hall–Kier alpha value is -0.0800. The Kier molecular flexibility index (Phi) is 10.0. The van der Waals surface area contributed by atoms with Crippen molar-refractivity contribution in [2.75, 3.05) is 19.7 Å². The van der Waals surface area contributed by atoms with E-state index in [4.69, 9.17) is 9.73 Å². The predicted molar refractivity (Wildman–Crippen MR) is 115 cm³/mol. The summed E-state index contributed by atoms with van der Waals surface area (Å²) in [6.45, 7) is 11.4. The molecule has 148 valence electrons. The highest BCUT2D eigenvalue weighted by atomic mass is 127. The van der Waals surface area contributed by atoms with Crippen molar-refractivity contribution in [3.05, 3.63) is 0 Å². The molecule has 1 aliphatic heterocycles. The molecule has 0 radical (unpaired) electrons. The second-order valence-electron chi connectivity index (χ2n) is 8.43. The number of hydrogen-bond acceptors (Lipinski definition) is 3. The normalized spacial score (nSPS) is 31.2. The third-order valence-electron chi connectivity index (χ3n) is 5.16. The lowest BCUT2D eigenvalue weighted by molar-refractivity contribution is -0.0823. The van der Waals surface area contributed by atoms with E-state index in [9.17, 15) is 5.11 Å². The molecule has 0 aromatic heterocycles.